The van der Waals surface area contributed by atoms with Crippen molar-refractivity contribution in [2.45, 2.75) is 13.3 Å². The Hall–Kier alpha value is -1.33. The molecule has 0 bridgehead atoms. The van der Waals surface area contributed by atoms with Gasteiger partial charge in [0, 0.05) is 18.5 Å². The van der Waals surface area contributed by atoms with E-state index in [1.54, 1.807) is 6.92 Å². The molecule has 0 heterocycles. The monoisotopic (exact) mass is 304 g/mol. The van der Waals surface area contributed by atoms with Crippen molar-refractivity contribution in [3.63, 3.8) is 0 Å². The predicted octanol–water partition coefficient (Wildman–Crippen LogP) is 1.26. The minimum absolute atomic E-state index is 0.0404. The number of carbonyl (C=O) groups excluding carboxylic acids is 2. The van der Waals surface area contributed by atoms with Gasteiger partial charge in [-0.1, -0.05) is 13.2 Å². The van der Waals surface area contributed by atoms with Crippen LogP contribution in [0.1, 0.15) is 13.3 Å². The number of carbonyl (C=O) groups is 2. The molecule has 0 unspecified atom stereocenters. The van der Waals surface area contributed by atoms with E-state index in [9.17, 15) is 9.59 Å². The molecule has 6 heteroatoms. The molecule has 0 aromatic rings. The van der Waals surface area contributed by atoms with Crippen LogP contribution in [-0.2, 0) is 9.59 Å². The third-order valence-electron chi connectivity index (χ3n) is 2.11. The summed E-state index contributed by atoms with van der Waals surface area (Å²) >= 11 is 5.10. The zero-order valence-corrected chi connectivity index (χ0v) is 13.7. The first-order chi connectivity index (χ1) is 9.14. The van der Waals surface area contributed by atoms with Gasteiger partial charge in [-0.05, 0) is 13.0 Å². The summed E-state index contributed by atoms with van der Waals surface area (Å²) in [5, 5.41) is 5.11. The second-order valence-electron chi connectivity index (χ2n) is 5.28. The van der Waals surface area contributed by atoms with Crippen LogP contribution >= 0.6 is 11.6 Å². The molecular formula is C14H27ClN3O2+. The van der Waals surface area contributed by atoms with Crippen molar-refractivity contribution in [3.05, 3.63) is 24.8 Å². The molecule has 0 atom stereocenters. The minimum Gasteiger partial charge on any atom is -0.352 e. The zero-order chi connectivity index (χ0) is 16.2. The van der Waals surface area contributed by atoms with Crippen molar-refractivity contribution in [3.8, 4) is 0 Å². The summed E-state index contributed by atoms with van der Waals surface area (Å²) in [7, 11) is 6.42. The van der Waals surface area contributed by atoms with Gasteiger partial charge in [-0.2, -0.15) is 0 Å². The van der Waals surface area contributed by atoms with E-state index in [2.05, 4.69) is 44.9 Å². The lowest BCUT2D eigenvalue weighted by molar-refractivity contribution is -0.870. The third kappa shape index (κ3) is 16.7. The maximum absolute atomic E-state index is 11.1. The van der Waals surface area contributed by atoms with Crippen molar-refractivity contribution in [1.29, 1.82) is 0 Å². The number of nitrogens with one attached hydrogen (secondary N) is 2. The number of alkyl halides is 1. The van der Waals surface area contributed by atoms with Gasteiger partial charge in [0.1, 0.15) is 0 Å². The number of rotatable bonds is 7. The molecule has 0 spiro atoms. The van der Waals surface area contributed by atoms with E-state index in [4.69, 9.17) is 11.6 Å². The molecule has 0 aliphatic rings. The first kappa shape index (κ1) is 21.0. The summed E-state index contributed by atoms with van der Waals surface area (Å²) < 4.78 is 0.933. The summed E-state index contributed by atoms with van der Waals surface area (Å²) in [5.41, 5.74) is 0.574. The van der Waals surface area contributed by atoms with Crippen molar-refractivity contribution < 1.29 is 14.1 Å². The summed E-state index contributed by atoms with van der Waals surface area (Å²) in [6, 6.07) is 0.144. The lowest BCUT2D eigenvalue weighted by atomic mass is 10.3. The van der Waals surface area contributed by atoms with Gasteiger partial charge in [-0.15, -0.1) is 11.6 Å². The number of halogens is 1. The van der Waals surface area contributed by atoms with Crippen molar-refractivity contribution in [2.75, 3.05) is 40.2 Å². The number of quaternary nitrogens is 1. The van der Waals surface area contributed by atoms with Crippen LogP contribution in [0.4, 0.5) is 0 Å². The Morgan fingerprint density at radius 1 is 1.25 bits per heavy atom. The van der Waals surface area contributed by atoms with Gasteiger partial charge < -0.3 is 15.1 Å². The Morgan fingerprint density at radius 3 is 2.10 bits per heavy atom. The van der Waals surface area contributed by atoms with E-state index in [1.807, 2.05) is 0 Å². The van der Waals surface area contributed by atoms with E-state index in [0.29, 0.717) is 5.57 Å². The molecule has 0 aliphatic carbocycles. The van der Waals surface area contributed by atoms with Gasteiger partial charge in [0.15, 0.2) is 0 Å². The Kier molecular flexibility index (Phi) is 12.1. The normalized spacial score (nSPS) is 9.85. The molecule has 5 nitrogen and oxygen atoms in total. The first-order valence-corrected chi connectivity index (χ1v) is 6.88. The predicted molar refractivity (Wildman–Crippen MR) is 84.4 cm³/mol. The standard InChI is InChI=1S/C10H20N2O.C4H6ClNO/c1-9(2)10(13)11-7-6-8-12(3,4)5;1-2-4(7)6-3-5/h1,6-8H2,2-5H3;2H,1,3H2,(H,6,7)/p+1. The molecule has 2 N–H and O–H groups in total. The Balaban J connectivity index is 0. The van der Waals surface area contributed by atoms with Crippen LogP contribution in [0.25, 0.3) is 0 Å². The highest BCUT2D eigenvalue weighted by atomic mass is 35.5. The summed E-state index contributed by atoms with van der Waals surface area (Å²) in [6.07, 6.45) is 2.17. The Labute approximate surface area is 127 Å². The van der Waals surface area contributed by atoms with Gasteiger partial charge in [0.25, 0.3) is 0 Å². The average molecular weight is 305 g/mol. The molecule has 0 fully saturated rings. The molecule has 0 radical (unpaired) electrons. The Morgan fingerprint density at radius 2 is 1.80 bits per heavy atom. The second kappa shape index (κ2) is 11.5. The van der Waals surface area contributed by atoms with E-state index >= 15 is 0 Å². The number of nitrogens with zero attached hydrogens (tertiary/aromatic N) is 1. The Bertz CT molecular complexity index is 336. The molecule has 20 heavy (non-hydrogen) atoms. The smallest absolute Gasteiger partial charge is 0.246 e. The van der Waals surface area contributed by atoms with E-state index in [1.165, 1.54) is 6.08 Å². The maximum atomic E-state index is 11.1. The fraction of sp³-hybridized carbons (Fsp3) is 0.571. The third-order valence-corrected chi connectivity index (χ3v) is 2.24. The minimum atomic E-state index is -0.241. The van der Waals surface area contributed by atoms with Crippen LogP contribution < -0.4 is 10.6 Å². The van der Waals surface area contributed by atoms with E-state index in [0.717, 1.165) is 24.0 Å². The highest BCUT2D eigenvalue weighted by molar-refractivity contribution is 6.18. The molecule has 0 saturated heterocycles. The lowest BCUT2D eigenvalue weighted by Crippen LogP contribution is -2.37. The zero-order valence-electron chi connectivity index (χ0n) is 13.0. The van der Waals surface area contributed by atoms with E-state index < -0.39 is 0 Å². The fourth-order valence-electron chi connectivity index (χ4n) is 1.04. The van der Waals surface area contributed by atoms with Gasteiger partial charge in [-0.25, -0.2) is 0 Å². The first-order valence-electron chi connectivity index (χ1n) is 6.34. The van der Waals surface area contributed by atoms with E-state index in [-0.39, 0.29) is 17.8 Å². The summed E-state index contributed by atoms with van der Waals surface area (Å²) in [6.45, 7) is 10.3. The van der Waals surface area contributed by atoms with Crippen LogP contribution in [-0.4, -0.2) is 56.5 Å². The van der Waals surface area contributed by atoms with Gasteiger partial charge >= 0.3 is 0 Å². The maximum Gasteiger partial charge on any atom is 0.246 e. The largest absolute Gasteiger partial charge is 0.352 e. The summed E-state index contributed by atoms with van der Waals surface area (Å²) in [4.78, 5) is 21.1. The molecule has 0 rings (SSSR count). The van der Waals surface area contributed by atoms with Crippen LogP contribution in [0.15, 0.2) is 24.8 Å². The fourth-order valence-corrected chi connectivity index (χ4v) is 1.18. The van der Waals surface area contributed by atoms with Crippen molar-refractivity contribution >= 4 is 23.4 Å². The highest BCUT2D eigenvalue weighted by Crippen LogP contribution is 1.92. The van der Waals surface area contributed by atoms with Crippen LogP contribution in [0.2, 0.25) is 0 Å². The number of hydrogen-bond acceptors (Lipinski definition) is 2. The molecule has 0 saturated carbocycles. The topological polar surface area (TPSA) is 58.2 Å². The SMILES string of the molecule is C=C(C)C(=O)NCCC[N+](C)(C)C.C=CC(=O)NCCl. The van der Waals surface area contributed by atoms with Gasteiger partial charge in [-0.3, -0.25) is 9.59 Å². The van der Waals surface area contributed by atoms with Crippen molar-refractivity contribution in [2.24, 2.45) is 0 Å². The number of hydrogen-bond donors (Lipinski definition) is 2. The highest BCUT2D eigenvalue weighted by Gasteiger charge is 2.06. The van der Waals surface area contributed by atoms with Gasteiger partial charge in [0.05, 0.1) is 33.7 Å². The van der Waals surface area contributed by atoms with Crippen LogP contribution in [0.3, 0.4) is 0 Å². The second-order valence-corrected chi connectivity index (χ2v) is 5.55. The van der Waals surface area contributed by atoms with Crippen LogP contribution in [0.5, 0.6) is 0 Å². The molecule has 0 aromatic heterocycles. The molecule has 2 amide bonds. The molecule has 116 valence electrons. The molecular weight excluding hydrogens is 278 g/mol. The van der Waals surface area contributed by atoms with Gasteiger partial charge in [0.2, 0.25) is 11.8 Å². The molecule has 0 aliphatic heterocycles. The summed E-state index contributed by atoms with van der Waals surface area (Å²) in [5.74, 6) is -0.281. The average Bonchev–Trinajstić information content (AvgIpc) is 2.34. The van der Waals surface area contributed by atoms with Crippen molar-refractivity contribution in [1.82, 2.24) is 10.6 Å². The number of amides is 2. The van der Waals surface area contributed by atoms with Crippen LogP contribution in [0, 0.1) is 0 Å². The lowest BCUT2D eigenvalue weighted by Gasteiger charge is -2.23. The molecule has 0 aromatic carbocycles. The quantitative estimate of drug-likeness (QED) is 0.245.